The molecule has 27 heavy (non-hydrogen) atoms. The van der Waals surface area contributed by atoms with Gasteiger partial charge in [0.25, 0.3) is 5.91 Å². The van der Waals surface area contributed by atoms with Gasteiger partial charge in [0.2, 0.25) is 0 Å². The Hall–Kier alpha value is -3.15. The van der Waals surface area contributed by atoms with Gasteiger partial charge in [-0.1, -0.05) is 30.3 Å². The van der Waals surface area contributed by atoms with Gasteiger partial charge in [0.05, 0.1) is 24.9 Å². The van der Waals surface area contributed by atoms with Gasteiger partial charge in [0.15, 0.2) is 0 Å². The lowest BCUT2D eigenvalue weighted by Gasteiger charge is -2.09. The first-order valence-electron chi connectivity index (χ1n) is 8.68. The monoisotopic (exact) mass is 367 g/mol. The largest absolute Gasteiger partial charge is 0.497 e. The lowest BCUT2D eigenvalue weighted by atomic mass is 10.1. The van der Waals surface area contributed by atoms with E-state index in [1.807, 2.05) is 48.9 Å². The summed E-state index contributed by atoms with van der Waals surface area (Å²) >= 11 is 0. The van der Waals surface area contributed by atoms with Gasteiger partial charge in [-0.05, 0) is 31.5 Å². The van der Waals surface area contributed by atoms with E-state index in [1.54, 1.807) is 6.07 Å². The molecule has 2 aromatic carbocycles. The van der Waals surface area contributed by atoms with E-state index < -0.39 is 11.7 Å². The minimum absolute atomic E-state index is 0.0113. The molecule has 0 aliphatic rings. The summed E-state index contributed by atoms with van der Waals surface area (Å²) < 4.78 is 20.9. The zero-order valence-electron chi connectivity index (χ0n) is 15.6. The molecular weight excluding hydrogens is 345 g/mol. The number of hydrogen-bond donors (Lipinski definition) is 1. The van der Waals surface area contributed by atoms with Crippen molar-refractivity contribution in [2.45, 2.75) is 26.9 Å². The number of halogens is 1. The number of rotatable bonds is 6. The van der Waals surface area contributed by atoms with E-state index >= 15 is 0 Å². The van der Waals surface area contributed by atoms with E-state index in [0.717, 1.165) is 22.5 Å². The highest BCUT2D eigenvalue weighted by molar-refractivity contribution is 5.94. The number of nitrogens with one attached hydrogen (secondary N) is 1. The van der Waals surface area contributed by atoms with Gasteiger partial charge in [-0.15, -0.1) is 0 Å². The SMILES string of the molecule is COc1ccc(C(=O)NCc2c(C)nn(Cc3ccccc3)c2C)c(F)c1. The molecule has 5 nitrogen and oxygen atoms in total. The summed E-state index contributed by atoms with van der Waals surface area (Å²) in [7, 11) is 1.45. The number of amides is 1. The third-order valence-electron chi connectivity index (χ3n) is 4.55. The van der Waals surface area contributed by atoms with Crippen LogP contribution in [0.1, 0.15) is 32.9 Å². The molecule has 3 aromatic rings. The van der Waals surface area contributed by atoms with Gasteiger partial charge in [-0.2, -0.15) is 5.10 Å². The molecule has 1 N–H and O–H groups in total. The number of aryl methyl sites for hydroxylation is 1. The average Bonchev–Trinajstić information content (AvgIpc) is 2.93. The summed E-state index contributed by atoms with van der Waals surface area (Å²) in [6.45, 7) is 4.83. The molecule has 3 rings (SSSR count). The van der Waals surface area contributed by atoms with Gasteiger partial charge >= 0.3 is 0 Å². The van der Waals surface area contributed by atoms with Crippen molar-refractivity contribution in [2.75, 3.05) is 7.11 Å². The van der Waals surface area contributed by atoms with E-state index in [0.29, 0.717) is 12.3 Å². The van der Waals surface area contributed by atoms with Crippen molar-refractivity contribution in [3.8, 4) is 5.75 Å². The van der Waals surface area contributed by atoms with Crippen LogP contribution in [0.25, 0.3) is 0 Å². The summed E-state index contributed by atoms with van der Waals surface area (Å²) in [5.41, 5.74) is 3.90. The molecule has 0 unspecified atom stereocenters. The minimum Gasteiger partial charge on any atom is -0.497 e. The molecule has 0 saturated carbocycles. The molecule has 0 bridgehead atoms. The fourth-order valence-corrected chi connectivity index (χ4v) is 2.97. The Labute approximate surface area is 157 Å². The predicted octanol–water partition coefficient (Wildman–Crippen LogP) is 3.63. The second-order valence-corrected chi connectivity index (χ2v) is 6.32. The van der Waals surface area contributed by atoms with Crippen LogP contribution in [0.4, 0.5) is 4.39 Å². The molecule has 140 valence electrons. The Morgan fingerprint density at radius 3 is 2.59 bits per heavy atom. The smallest absolute Gasteiger partial charge is 0.254 e. The fraction of sp³-hybridized carbons (Fsp3) is 0.238. The first-order chi connectivity index (χ1) is 13.0. The molecule has 6 heteroatoms. The third-order valence-corrected chi connectivity index (χ3v) is 4.55. The number of carbonyl (C=O) groups is 1. The first-order valence-corrected chi connectivity index (χ1v) is 8.68. The normalized spacial score (nSPS) is 10.7. The van der Waals surface area contributed by atoms with Gasteiger partial charge in [0.1, 0.15) is 11.6 Å². The summed E-state index contributed by atoms with van der Waals surface area (Å²) in [6, 6.07) is 14.2. The zero-order valence-corrected chi connectivity index (χ0v) is 15.6. The van der Waals surface area contributed by atoms with Crippen molar-refractivity contribution in [1.29, 1.82) is 0 Å². The topological polar surface area (TPSA) is 56.1 Å². The molecule has 0 radical (unpaired) electrons. The second kappa shape index (κ2) is 8.03. The zero-order chi connectivity index (χ0) is 19.4. The van der Waals surface area contributed by atoms with Crippen LogP contribution in [0.2, 0.25) is 0 Å². The summed E-state index contributed by atoms with van der Waals surface area (Å²) in [6.07, 6.45) is 0. The van der Waals surface area contributed by atoms with Crippen LogP contribution in [0.15, 0.2) is 48.5 Å². The molecule has 0 aliphatic heterocycles. The summed E-state index contributed by atoms with van der Waals surface area (Å²) in [4.78, 5) is 12.3. The van der Waals surface area contributed by atoms with Crippen molar-refractivity contribution in [3.05, 3.63) is 82.4 Å². The van der Waals surface area contributed by atoms with Crippen molar-refractivity contribution in [2.24, 2.45) is 0 Å². The Kier molecular flexibility index (Phi) is 5.54. The van der Waals surface area contributed by atoms with Gasteiger partial charge in [-0.3, -0.25) is 9.48 Å². The van der Waals surface area contributed by atoms with E-state index in [9.17, 15) is 9.18 Å². The van der Waals surface area contributed by atoms with Crippen molar-refractivity contribution in [1.82, 2.24) is 15.1 Å². The molecule has 0 fully saturated rings. The highest BCUT2D eigenvalue weighted by Crippen LogP contribution is 2.18. The van der Waals surface area contributed by atoms with Crippen molar-refractivity contribution >= 4 is 5.91 Å². The average molecular weight is 367 g/mol. The fourth-order valence-electron chi connectivity index (χ4n) is 2.97. The number of methoxy groups -OCH3 is 1. The molecule has 0 aliphatic carbocycles. The Morgan fingerprint density at radius 2 is 1.93 bits per heavy atom. The molecule has 0 atom stereocenters. The third kappa shape index (κ3) is 4.16. The number of benzene rings is 2. The van der Waals surface area contributed by atoms with E-state index in [4.69, 9.17) is 4.74 Å². The maximum Gasteiger partial charge on any atom is 0.254 e. The molecule has 0 saturated heterocycles. The number of hydrogen-bond acceptors (Lipinski definition) is 3. The van der Waals surface area contributed by atoms with E-state index in [1.165, 1.54) is 19.2 Å². The van der Waals surface area contributed by atoms with Crippen LogP contribution in [0.5, 0.6) is 5.75 Å². The number of ether oxygens (including phenoxy) is 1. The van der Waals surface area contributed by atoms with E-state index in [2.05, 4.69) is 10.4 Å². The molecule has 0 spiro atoms. The maximum absolute atomic E-state index is 14.1. The second-order valence-electron chi connectivity index (χ2n) is 6.32. The quantitative estimate of drug-likeness (QED) is 0.724. The molecule has 1 amide bonds. The lowest BCUT2D eigenvalue weighted by molar-refractivity contribution is 0.0946. The lowest BCUT2D eigenvalue weighted by Crippen LogP contribution is -2.24. The predicted molar refractivity (Wildman–Crippen MR) is 101 cm³/mol. The van der Waals surface area contributed by atoms with Gasteiger partial charge in [0, 0.05) is 23.9 Å². The number of nitrogens with zero attached hydrogens (tertiary/aromatic N) is 2. The van der Waals surface area contributed by atoms with E-state index in [-0.39, 0.29) is 12.1 Å². The van der Waals surface area contributed by atoms with Crippen LogP contribution in [-0.2, 0) is 13.1 Å². The highest BCUT2D eigenvalue weighted by Gasteiger charge is 2.16. The van der Waals surface area contributed by atoms with Crippen LogP contribution in [-0.4, -0.2) is 22.8 Å². The molecular formula is C21H22FN3O2. The minimum atomic E-state index is -0.611. The Balaban J connectivity index is 1.72. The van der Waals surface area contributed by atoms with Crippen molar-refractivity contribution < 1.29 is 13.9 Å². The molecule has 1 heterocycles. The van der Waals surface area contributed by atoms with Crippen LogP contribution in [0, 0.1) is 19.7 Å². The van der Waals surface area contributed by atoms with Crippen molar-refractivity contribution in [3.63, 3.8) is 0 Å². The van der Waals surface area contributed by atoms with Crippen LogP contribution in [0.3, 0.4) is 0 Å². The maximum atomic E-state index is 14.1. The Bertz CT molecular complexity index is 952. The number of carbonyl (C=O) groups excluding carboxylic acids is 1. The highest BCUT2D eigenvalue weighted by atomic mass is 19.1. The number of aromatic nitrogens is 2. The van der Waals surface area contributed by atoms with Crippen LogP contribution < -0.4 is 10.1 Å². The molecule has 1 aromatic heterocycles. The first kappa shape index (κ1) is 18.6. The standard InChI is InChI=1S/C21H22FN3O2/c1-14-19(15(2)25(24-14)13-16-7-5-4-6-8-16)12-23-21(26)18-10-9-17(27-3)11-20(18)22/h4-11H,12-13H2,1-3H3,(H,23,26). The Morgan fingerprint density at radius 1 is 1.19 bits per heavy atom. The summed E-state index contributed by atoms with van der Waals surface area (Å²) in [5.74, 6) is -0.706. The van der Waals surface area contributed by atoms with Gasteiger partial charge in [-0.25, -0.2) is 4.39 Å². The summed E-state index contributed by atoms with van der Waals surface area (Å²) in [5, 5.41) is 7.35. The van der Waals surface area contributed by atoms with Crippen LogP contribution >= 0.6 is 0 Å². The van der Waals surface area contributed by atoms with Gasteiger partial charge < -0.3 is 10.1 Å².